The summed E-state index contributed by atoms with van der Waals surface area (Å²) < 4.78 is 5.68. The van der Waals surface area contributed by atoms with Crippen LogP contribution in [0.3, 0.4) is 0 Å². The monoisotopic (exact) mass is 283 g/mol. The van der Waals surface area contributed by atoms with Crippen LogP contribution in [-0.2, 0) is 6.42 Å². The molecular formula is C19H25NO. The lowest BCUT2D eigenvalue weighted by molar-refractivity contribution is 0.317. The van der Waals surface area contributed by atoms with E-state index in [0.29, 0.717) is 0 Å². The first-order valence-corrected chi connectivity index (χ1v) is 7.64. The highest BCUT2D eigenvalue weighted by atomic mass is 16.5. The summed E-state index contributed by atoms with van der Waals surface area (Å²) in [7, 11) is 0. The van der Waals surface area contributed by atoms with Crippen molar-refractivity contribution in [3.63, 3.8) is 0 Å². The summed E-state index contributed by atoms with van der Waals surface area (Å²) in [6.07, 6.45) is 1.86. The molecule has 0 aliphatic heterocycles. The molecule has 1 unspecified atom stereocenters. The molecule has 0 spiro atoms. The maximum absolute atomic E-state index is 6.37. The van der Waals surface area contributed by atoms with Gasteiger partial charge in [0.25, 0.3) is 0 Å². The van der Waals surface area contributed by atoms with Gasteiger partial charge in [0.2, 0.25) is 0 Å². The molecule has 0 aromatic heterocycles. The zero-order valence-corrected chi connectivity index (χ0v) is 13.2. The van der Waals surface area contributed by atoms with Gasteiger partial charge < -0.3 is 10.5 Å². The van der Waals surface area contributed by atoms with Gasteiger partial charge >= 0.3 is 0 Å². The molecule has 0 saturated carbocycles. The molecule has 0 aliphatic rings. The van der Waals surface area contributed by atoms with Crippen LogP contribution in [-0.4, -0.2) is 6.61 Å². The number of nitrogens with two attached hydrogens (primary N) is 1. The number of aryl methyl sites for hydroxylation is 2. The third-order valence-corrected chi connectivity index (χ3v) is 3.50. The first-order valence-electron chi connectivity index (χ1n) is 7.64. The normalized spacial score (nSPS) is 12.2. The minimum Gasteiger partial charge on any atom is -0.494 e. The van der Waals surface area contributed by atoms with Crippen LogP contribution in [0.5, 0.6) is 5.75 Å². The summed E-state index contributed by atoms with van der Waals surface area (Å²) in [5, 5.41) is 0. The molecule has 0 bridgehead atoms. The number of hydrogen-bond acceptors (Lipinski definition) is 2. The lowest BCUT2D eigenvalue weighted by Crippen LogP contribution is -2.13. The summed E-state index contributed by atoms with van der Waals surface area (Å²) in [6.45, 7) is 7.11. The molecule has 0 aliphatic carbocycles. The van der Waals surface area contributed by atoms with Gasteiger partial charge in [0, 0.05) is 6.04 Å². The van der Waals surface area contributed by atoms with Crippen molar-refractivity contribution in [2.24, 2.45) is 5.73 Å². The standard InChI is InChI=1S/C19H25NO/c1-4-8-21-18-7-5-6-17(13-18)19(20)12-16-10-14(2)9-15(3)11-16/h5-7,9-11,13,19H,4,8,12,20H2,1-3H3. The van der Waals surface area contributed by atoms with Crippen LogP contribution in [0.2, 0.25) is 0 Å². The second-order valence-corrected chi connectivity index (χ2v) is 5.73. The van der Waals surface area contributed by atoms with E-state index in [2.05, 4.69) is 51.1 Å². The average molecular weight is 283 g/mol. The summed E-state index contributed by atoms with van der Waals surface area (Å²) in [5.74, 6) is 0.908. The minimum absolute atomic E-state index is 0.00336. The van der Waals surface area contributed by atoms with Gasteiger partial charge in [-0.3, -0.25) is 0 Å². The van der Waals surface area contributed by atoms with Crippen LogP contribution in [0.15, 0.2) is 42.5 Å². The highest BCUT2D eigenvalue weighted by Gasteiger charge is 2.09. The number of hydrogen-bond donors (Lipinski definition) is 1. The molecule has 2 aromatic rings. The third kappa shape index (κ3) is 4.61. The van der Waals surface area contributed by atoms with E-state index in [4.69, 9.17) is 10.5 Å². The largest absolute Gasteiger partial charge is 0.494 e. The Kier molecular flexibility index (Phi) is 5.40. The van der Waals surface area contributed by atoms with E-state index in [1.165, 1.54) is 16.7 Å². The van der Waals surface area contributed by atoms with Crippen molar-refractivity contribution < 1.29 is 4.74 Å². The summed E-state index contributed by atoms with van der Waals surface area (Å²) in [6, 6.07) is 14.7. The molecule has 2 aromatic carbocycles. The van der Waals surface area contributed by atoms with Crippen molar-refractivity contribution in [1.29, 1.82) is 0 Å². The van der Waals surface area contributed by atoms with E-state index in [1.54, 1.807) is 0 Å². The summed E-state index contributed by atoms with van der Waals surface area (Å²) >= 11 is 0. The van der Waals surface area contributed by atoms with Crippen LogP contribution in [0, 0.1) is 13.8 Å². The molecule has 1 atom stereocenters. The lowest BCUT2D eigenvalue weighted by atomic mass is 9.97. The van der Waals surface area contributed by atoms with Gasteiger partial charge in [-0.15, -0.1) is 0 Å². The number of rotatable bonds is 6. The predicted octanol–water partition coefficient (Wildman–Crippen LogP) is 4.33. The average Bonchev–Trinajstić information content (AvgIpc) is 2.44. The van der Waals surface area contributed by atoms with Crippen molar-refractivity contribution in [3.05, 3.63) is 64.7 Å². The van der Waals surface area contributed by atoms with E-state index >= 15 is 0 Å². The van der Waals surface area contributed by atoms with E-state index in [9.17, 15) is 0 Å². The number of ether oxygens (including phenoxy) is 1. The van der Waals surface area contributed by atoms with Crippen LogP contribution in [0.1, 0.15) is 41.6 Å². The van der Waals surface area contributed by atoms with Crippen LogP contribution in [0.25, 0.3) is 0 Å². The molecule has 0 radical (unpaired) electrons. The molecule has 0 heterocycles. The van der Waals surface area contributed by atoms with Crippen molar-refractivity contribution in [2.75, 3.05) is 6.61 Å². The van der Waals surface area contributed by atoms with Gasteiger partial charge in [-0.05, 0) is 49.9 Å². The fourth-order valence-electron chi connectivity index (χ4n) is 2.61. The van der Waals surface area contributed by atoms with Crippen LogP contribution >= 0.6 is 0 Å². The van der Waals surface area contributed by atoms with E-state index in [0.717, 1.165) is 30.8 Å². The maximum Gasteiger partial charge on any atom is 0.119 e. The molecule has 2 N–H and O–H groups in total. The molecule has 21 heavy (non-hydrogen) atoms. The van der Waals surface area contributed by atoms with Crippen LogP contribution < -0.4 is 10.5 Å². The maximum atomic E-state index is 6.37. The Hall–Kier alpha value is -1.80. The first-order chi connectivity index (χ1) is 10.1. The zero-order valence-electron chi connectivity index (χ0n) is 13.2. The smallest absolute Gasteiger partial charge is 0.119 e. The van der Waals surface area contributed by atoms with E-state index in [-0.39, 0.29) is 6.04 Å². The molecular weight excluding hydrogens is 258 g/mol. The lowest BCUT2D eigenvalue weighted by Gasteiger charge is -2.15. The molecule has 2 heteroatoms. The van der Waals surface area contributed by atoms with Gasteiger partial charge in [0.05, 0.1) is 6.61 Å². The van der Waals surface area contributed by atoms with E-state index in [1.807, 2.05) is 12.1 Å². The van der Waals surface area contributed by atoms with Crippen LogP contribution in [0.4, 0.5) is 0 Å². The van der Waals surface area contributed by atoms with E-state index < -0.39 is 0 Å². The Labute approximate surface area is 127 Å². The predicted molar refractivity (Wildman–Crippen MR) is 88.8 cm³/mol. The fourth-order valence-corrected chi connectivity index (χ4v) is 2.61. The third-order valence-electron chi connectivity index (χ3n) is 3.50. The molecule has 0 saturated heterocycles. The fraction of sp³-hybridized carbons (Fsp3) is 0.368. The summed E-state index contributed by atoms with van der Waals surface area (Å²) in [4.78, 5) is 0. The Balaban J connectivity index is 2.10. The van der Waals surface area contributed by atoms with Gasteiger partial charge in [-0.1, -0.05) is 48.4 Å². The topological polar surface area (TPSA) is 35.2 Å². The van der Waals surface area contributed by atoms with Gasteiger partial charge in [0.1, 0.15) is 5.75 Å². The van der Waals surface area contributed by atoms with Crippen molar-refractivity contribution in [1.82, 2.24) is 0 Å². The summed E-state index contributed by atoms with van der Waals surface area (Å²) in [5.41, 5.74) is 11.4. The van der Waals surface area contributed by atoms with Gasteiger partial charge in [0.15, 0.2) is 0 Å². The highest BCUT2D eigenvalue weighted by molar-refractivity contribution is 5.33. The van der Waals surface area contributed by atoms with Crippen molar-refractivity contribution >= 4 is 0 Å². The molecule has 0 fully saturated rings. The Morgan fingerprint density at radius 1 is 1.05 bits per heavy atom. The second kappa shape index (κ2) is 7.28. The minimum atomic E-state index is -0.00336. The van der Waals surface area contributed by atoms with Crippen molar-refractivity contribution in [3.8, 4) is 5.75 Å². The zero-order chi connectivity index (χ0) is 15.2. The molecule has 2 nitrogen and oxygen atoms in total. The number of benzene rings is 2. The molecule has 0 amide bonds. The Morgan fingerprint density at radius 3 is 2.43 bits per heavy atom. The Morgan fingerprint density at radius 2 is 1.76 bits per heavy atom. The second-order valence-electron chi connectivity index (χ2n) is 5.73. The SMILES string of the molecule is CCCOc1cccc(C(N)Cc2cc(C)cc(C)c2)c1. The van der Waals surface area contributed by atoms with Gasteiger partial charge in [-0.2, -0.15) is 0 Å². The van der Waals surface area contributed by atoms with Crippen molar-refractivity contribution in [2.45, 2.75) is 39.7 Å². The van der Waals surface area contributed by atoms with Gasteiger partial charge in [-0.25, -0.2) is 0 Å². The molecule has 2 rings (SSSR count). The quantitative estimate of drug-likeness (QED) is 0.856. The first kappa shape index (κ1) is 15.6. The highest BCUT2D eigenvalue weighted by Crippen LogP contribution is 2.22. The Bertz CT molecular complexity index is 572. The molecule has 112 valence electrons.